The Balaban J connectivity index is 1.66. The van der Waals surface area contributed by atoms with Crippen molar-refractivity contribution in [2.45, 2.75) is 62.7 Å². The Kier molecular flexibility index (Phi) is 7.24. The topological polar surface area (TPSA) is 189 Å². The second-order valence-corrected chi connectivity index (χ2v) is 12.2. The lowest BCUT2D eigenvalue weighted by molar-refractivity contribution is 0.168. The summed E-state index contributed by atoms with van der Waals surface area (Å²) in [7, 11) is -6.71. The number of fused-ring (bicyclic) bond motifs is 1. The Morgan fingerprint density at radius 3 is 2.40 bits per heavy atom. The molecule has 12 nitrogen and oxygen atoms in total. The van der Waals surface area contributed by atoms with Gasteiger partial charge in [-0.05, 0) is 63.8 Å². The number of imidazole rings is 1. The molecule has 2 aromatic heterocycles. The van der Waals surface area contributed by atoms with Crippen LogP contribution in [0.3, 0.4) is 0 Å². The van der Waals surface area contributed by atoms with Crippen LogP contribution in [-0.4, -0.2) is 46.5 Å². The summed E-state index contributed by atoms with van der Waals surface area (Å²) in [4.78, 5) is 32.7. The highest BCUT2D eigenvalue weighted by Gasteiger charge is 2.56. The maximum atomic E-state index is 11.7. The molecule has 1 fully saturated rings. The standard InChI is InChI=1S/C21H29N7O5P2/c1-12(2)28-11-23-17-18(26-20(27-19(17)28)25-16-9-5-14(22)6-10-16)24-15-7-3-13(4-8-15)21(29,34-30)35(31,32)33/h3-4,7-8,11-12,14,16,29H,5-6,9-10,22H2,1-2H3,(H2,31,32,33)(H2,24,25,26,27)/p+1. The Morgan fingerprint density at radius 2 is 1.83 bits per heavy atom. The molecule has 188 valence electrons. The average molecular weight is 522 g/mol. The molecule has 35 heavy (non-hydrogen) atoms. The van der Waals surface area contributed by atoms with Gasteiger partial charge in [0.2, 0.25) is 5.95 Å². The number of anilines is 3. The van der Waals surface area contributed by atoms with Crippen LogP contribution in [0.1, 0.15) is 51.1 Å². The van der Waals surface area contributed by atoms with Crippen molar-refractivity contribution in [2.75, 3.05) is 10.6 Å². The molecule has 1 aromatic carbocycles. The van der Waals surface area contributed by atoms with E-state index in [2.05, 4.69) is 20.6 Å². The molecule has 1 aliphatic rings. The van der Waals surface area contributed by atoms with Gasteiger partial charge in [0.05, 0.1) is 6.33 Å². The number of aliphatic hydroxyl groups is 1. The Labute approximate surface area is 203 Å². The van der Waals surface area contributed by atoms with E-state index in [-0.39, 0.29) is 23.7 Å². The van der Waals surface area contributed by atoms with E-state index in [1.54, 1.807) is 6.33 Å². The zero-order valence-corrected chi connectivity index (χ0v) is 21.3. The fourth-order valence-corrected chi connectivity index (χ4v) is 5.35. The van der Waals surface area contributed by atoms with Crippen molar-refractivity contribution < 1.29 is 24.0 Å². The molecule has 0 aliphatic heterocycles. The van der Waals surface area contributed by atoms with Gasteiger partial charge in [-0.1, -0.05) is 4.57 Å². The van der Waals surface area contributed by atoms with E-state index in [4.69, 9.17) is 10.7 Å². The molecule has 14 heteroatoms. The van der Waals surface area contributed by atoms with Crippen LogP contribution in [0, 0.1) is 0 Å². The van der Waals surface area contributed by atoms with Gasteiger partial charge >= 0.3 is 21.1 Å². The second kappa shape index (κ2) is 9.89. The van der Waals surface area contributed by atoms with E-state index in [1.165, 1.54) is 24.3 Å². The van der Waals surface area contributed by atoms with E-state index in [0.29, 0.717) is 28.6 Å². The predicted molar refractivity (Wildman–Crippen MR) is 134 cm³/mol. The minimum Gasteiger partial charge on any atom is -0.351 e. The highest BCUT2D eigenvalue weighted by atomic mass is 31.2. The largest absolute Gasteiger partial charge is 0.412 e. The molecule has 1 aliphatic carbocycles. The van der Waals surface area contributed by atoms with Gasteiger partial charge in [-0.25, -0.2) is 4.98 Å². The normalized spacial score (nSPS) is 20.8. The zero-order valence-electron chi connectivity index (χ0n) is 19.4. The van der Waals surface area contributed by atoms with Gasteiger partial charge in [-0.3, -0.25) is 4.57 Å². The molecule has 1 saturated carbocycles. The smallest absolute Gasteiger partial charge is 0.351 e. The molecule has 2 atom stereocenters. The number of nitrogens with two attached hydrogens (primary N) is 1. The molecule has 7 N–H and O–H groups in total. The fraction of sp³-hybridized carbons (Fsp3) is 0.476. The first-order chi connectivity index (χ1) is 16.5. The van der Waals surface area contributed by atoms with E-state index in [0.717, 1.165) is 25.7 Å². The van der Waals surface area contributed by atoms with Crippen molar-refractivity contribution in [2.24, 2.45) is 5.73 Å². The lowest BCUT2D eigenvalue weighted by Gasteiger charge is -2.27. The maximum absolute atomic E-state index is 11.7. The minimum absolute atomic E-state index is 0.126. The SMILES string of the molecule is CC(C)n1cnc2c(Nc3ccc(C(O)([PH+]=O)P(=O)(O)O)cc3)nc(NC3CCC(N)CC3)nc21. The van der Waals surface area contributed by atoms with Crippen molar-refractivity contribution in [3.8, 4) is 0 Å². The third kappa shape index (κ3) is 5.23. The van der Waals surface area contributed by atoms with Gasteiger partial charge in [-0.15, -0.1) is 0 Å². The van der Waals surface area contributed by atoms with Crippen molar-refractivity contribution in [3.05, 3.63) is 36.2 Å². The number of rotatable bonds is 8. The van der Waals surface area contributed by atoms with Crippen LogP contribution < -0.4 is 16.4 Å². The molecule has 4 rings (SSSR count). The number of nitrogens with zero attached hydrogens (tertiary/aromatic N) is 4. The first-order valence-electron chi connectivity index (χ1n) is 11.3. The number of hydrogen-bond donors (Lipinski definition) is 6. The van der Waals surface area contributed by atoms with Gasteiger partial charge < -0.3 is 35.8 Å². The van der Waals surface area contributed by atoms with Crippen LogP contribution in [0.15, 0.2) is 30.6 Å². The van der Waals surface area contributed by atoms with Crippen molar-refractivity contribution in [1.29, 1.82) is 0 Å². The van der Waals surface area contributed by atoms with Gasteiger partial charge in [-0.2, -0.15) is 9.97 Å². The first-order valence-corrected chi connectivity index (χ1v) is 13.9. The summed E-state index contributed by atoms with van der Waals surface area (Å²) in [6.45, 7) is 4.06. The number of nitrogens with one attached hydrogen (secondary N) is 2. The molecule has 2 heterocycles. The predicted octanol–water partition coefficient (Wildman–Crippen LogP) is 3.14. The van der Waals surface area contributed by atoms with E-state index in [9.17, 15) is 24.0 Å². The van der Waals surface area contributed by atoms with Gasteiger partial charge in [0, 0.05) is 29.4 Å². The number of hydrogen-bond acceptors (Lipinski definition) is 9. The van der Waals surface area contributed by atoms with Crippen LogP contribution in [0.2, 0.25) is 0 Å². The minimum atomic E-state index is -5.07. The molecular formula is C21H30N7O5P2+. The van der Waals surface area contributed by atoms with Gasteiger partial charge in [0.25, 0.3) is 0 Å². The fourth-order valence-electron chi connectivity index (χ4n) is 4.10. The lowest BCUT2D eigenvalue weighted by atomic mass is 9.92. The van der Waals surface area contributed by atoms with Crippen molar-refractivity contribution >= 4 is 44.7 Å². The van der Waals surface area contributed by atoms with Gasteiger partial charge in [0.1, 0.15) is 0 Å². The molecule has 0 spiro atoms. The highest BCUT2D eigenvalue weighted by molar-refractivity contribution is 7.62. The maximum Gasteiger partial charge on any atom is 0.412 e. The average Bonchev–Trinajstić information content (AvgIpc) is 3.24. The molecule has 0 radical (unpaired) electrons. The molecule has 0 amide bonds. The van der Waals surface area contributed by atoms with E-state index < -0.39 is 21.1 Å². The summed E-state index contributed by atoms with van der Waals surface area (Å²) < 4.78 is 25.1. The lowest BCUT2D eigenvalue weighted by Crippen LogP contribution is -2.33. The highest BCUT2D eigenvalue weighted by Crippen LogP contribution is 2.61. The summed E-state index contributed by atoms with van der Waals surface area (Å²) in [5.41, 5.74) is 7.63. The molecule has 2 unspecified atom stereocenters. The number of benzene rings is 1. The van der Waals surface area contributed by atoms with Crippen LogP contribution in [0.25, 0.3) is 11.2 Å². The Hall–Kier alpha value is -2.46. The molecular weight excluding hydrogens is 492 g/mol. The monoisotopic (exact) mass is 522 g/mol. The van der Waals surface area contributed by atoms with Gasteiger partial charge in [0.15, 0.2) is 17.0 Å². The molecule has 0 bridgehead atoms. The third-order valence-corrected chi connectivity index (χ3v) is 9.02. The number of aromatic nitrogens is 4. The van der Waals surface area contributed by atoms with Crippen LogP contribution in [0.5, 0.6) is 0 Å². The summed E-state index contributed by atoms with van der Waals surface area (Å²) >= 11 is 0. The zero-order chi connectivity index (χ0) is 25.4. The molecule has 0 saturated heterocycles. The second-order valence-electron chi connectivity index (χ2n) is 9.09. The third-order valence-electron chi connectivity index (χ3n) is 6.20. The van der Waals surface area contributed by atoms with E-state index >= 15 is 0 Å². The Morgan fingerprint density at radius 1 is 1.17 bits per heavy atom. The first kappa shape index (κ1) is 25.6. The molecule has 3 aromatic rings. The summed E-state index contributed by atoms with van der Waals surface area (Å²) in [5, 5.41) is 14.1. The van der Waals surface area contributed by atoms with Crippen molar-refractivity contribution in [3.63, 3.8) is 0 Å². The summed E-state index contributed by atoms with van der Waals surface area (Å²) in [6.07, 6.45) is 5.44. The Bertz CT molecular complexity index is 1250. The van der Waals surface area contributed by atoms with Crippen LogP contribution >= 0.6 is 16.1 Å². The van der Waals surface area contributed by atoms with E-state index in [1.807, 2.05) is 18.4 Å². The quantitative estimate of drug-likeness (QED) is 0.238. The summed E-state index contributed by atoms with van der Waals surface area (Å²) in [5.74, 6) is 0.913. The van der Waals surface area contributed by atoms with Crippen LogP contribution in [0.4, 0.5) is 17.5 Å². The van der Waals surface area contributed by atoms with Crippen molar-refractivity contribution in [1.82, 2.24) is 19.5 Å². The summed E-state index contributed by atoms with van der Waals surface area (Å²) in [6, 6.07) is 6.21. The van der Waals surface area contributed by atoms with Crippen LogP contribution in [-0.2, 0) is 14.2 Å².